The van der Waals surface area contributed by atoms with Gasteiger partial charge in [-0.2, -0.15) is 0 Å². The summed E-state index contributed by atoms with van der Waals surface area (Å²) in [5.74, 6) is 0.804. The maximum absolute atomic E-state index is 13.2. The van der Waals surface area contributed by atoms with E-state index in [1.54, 1.807) is 12.1 Å². The molecule has 0 radical (unpaired) electrons. The molecule has 0 bridgehead atoms. The van der Waals surface area contributed by atoms with Crippen LogP contribution < -0.4 is 5.32 Å². The summed E-state index contributed by atoms with van der Waals surface area (Å²) in [7, 11) is 0. The fourth-order valence-electron chi connectivity index (χ4n) is 3.57. The quantitative estimate of drug-likeness (QED) is 0.517. The van der Waals surface area contributed by atoms with Crippen LogP contribution in [0.2, 0.25) is 0 Å². The maximum Gasteiger partial charge on any atom is 0.123 e. The number of halogens is 2. The molecule has 1 aliphatic heterocycles. The van der Waals surface area contributed by atoms with Gasteiger partial charge in [0, 0.05) is 15.2 Å². The first-order chi connectivity index (χ1) is 10.2. The normalized spacial score (nSPS) is 26.1. The van der Waals surface area contributed by atoms with Gasteiger partial charge in [0.05, 0.1) is 6.04 Å². The minimum absolute atomic E-state index is 0.175. The van der Waals surface area contributed by atoms with E-state index in [1.165, 1.54) is 20.4 Å². The van der Waals surface area contributed by atoms with Crippen LogP contribution in [0.1, 0.15) is 29.5 Å². The monoisotopic (exact) mass is 391 g/mol. The fraction of sp³-hybridized carbons (Fsp3) is 0.222. The number of nitrogens with one attached hydrogen (secondary N) is 1. The molecule has 3 atom stereocenters. The van der Waals surface area contributed by atoms with Gasteiger partial charge in [0.2, 0.25) is 0 Å². The maximum atomic E-state index is 13.2. The summed E-state index contributed by atoms with van der Waals surface area (Å²) in [5, 5.41) is 3.67. The summed E-state index contributed by atoms with van der Waals surface area (Å²) >= 11 is 2.37. The van der Waals surface area contributed by atoms with E-state index in [0.717, 1.165) is 6.42 Å². The second-order valence-electron chi connectivity index (χ2n) is 5.76. The van der Waals surface area contributed by atoms with E-state index in [1.807, 2.05) is 12.1 Å². The van der Waals surface area contributed by atoms with Crippen molar-refractivity contribution in [2.45, 2.75) is 18.4 Å². The summed E-state index contributed by atoms with van der Waals surface area (Å²) in [5.41, 5.74) is 3.76. The lowest BCUT2D eigenvalue weighted by Gasteiger charge is -2.37. The Morgan fingerprint density at radius 3 is 2.71 bits per heavy atom. The van der Waals surface area contributed by atoms with E-state index in [-0.39, 0.29) is 11.9 Å². The van der Waals surface area contributed by atoms with Gasteiger partial charge in [0.15, 0.2) is 0 Å². The highest BCUT2D eigenvalue weighted by atomic mass is 127. The third-order valence-corrected chi connectivity index (χ3v) is 5.22. The van der Waals surface area contributed by atoms with E-state index in [4.69, 9.17) is 0 Å². The number of rotatable bonds is 1. The number of hydrogen-bond donors (Lipinski definition) is 1. The van der Waals surface area contributed by atoms with Crippen molar-refractivity contribution >= 4 is 28.3 Å². The Kier molecular flexibility index (Phi) is 3.25. The highest BCUT2D eigenvalue weighted by Crippen LogP contribution is 2.49. The lowest BCUT2D eigenvalue weighted by Crippen LogP contribution is -2.29. The molecule has 0 aromatic heterocycles. The molecule has 2 aliphatic rings. The molecule has 0 fully saturated rings. The average Bonchev–Trinajstić information content (AvgIpc) is 2.97. The molecule has 2 aromatic carbocycles. The van der Waals surface area contributed by atoms with Crippen LogP contribution in [0.5, 0.6) is 0 Å². The largest absolute Gasteiger partial charge is 0.378 e. The first-order valence-corrected chi connectivity index (χ1v) is 8.28. The second-order valence-corrected chi connectivity index (χ2v) is 7.00. The van der Waals surface area contributed by atoms with Gasteiger partial charge in [-0.3, -0.25) is 0 Å². The van der Waals surface area contributed by atoms with Crippen molar-refractivity contribution in [3.05, 3.63) is 75.1 Å². The molecule has 4 rings (SSSR count). The van der Waals surface area contributed by atoms with Crippen LogP contribution in [0.4, 0.5) is 10.1 Å². The minimum Gasteiger partial charge on any atom is -0.378 e. The first kappa shape index (κ1) is 13.3. The Hall–Kier alpha value is -1.36. The number of benzene rings is 2. The zero-order valence-corrected chi connectivity index (χ0v) is 13.5. The molecule has 0 saturated carbocycles. The van der Waals surface area contributed by atoms with Crippen molar-refractivity contribution in [3.63, 3.8) is 0 Å². The van der Waals surface area contributed by atoms with Crippen LogP contribution in [0.15, 0.2) is 54.6 Å². The van der Waals surface area contributed by atoms with E-state index >= 15 is 0 Å². The average molecular weight is 391 g/mol. The van der Waals surface area contributed by atoms with Crippen LogP contribution in [-0.4, -0.2) is 0 Å². The lowest BCUT2D eigenvalue weighted by atomic mass is 9.77. The van der Waals surface area contributed by atoms with Crippen molar-refractivity contribution < 1.29 is 4.39 Å². The minimum atomic E-state index is -0.175. The molecule has 3 heteroatoms. The molecule has 0 spiro atoms. The molecule has 3 unspecified atom stereocenters. The number of hydrogen-bond acceptors (Lipinski definition) is 1. The number of allylic oxidation sites excluding steroid dienone is 2. The molecule has 0 saturated heterocycles. The third kappa shape index (κ3) is 2.27. The van der Waals surface area contributed by atoms with Gasteiger partial charge in [-0.05, 0) is 76.4 Å². The van der Waals surface area contributed by atoms with E-state index < -0.39 is 0 Å². The second kappa shape index (κ2) is 5.13. The highest BCUT2D eigenvalue weighted by Gasteiger charge is 2.37. The van der Waals surface area contributed by atoms with Crippen molar-refractivity contribution in [1.29, 1.82) is 0 Å². The van der Waals surface area contributed by atoms with Gasteiger partial charge in [-0.15, -0.1) is 0 Å². The van der Waals surface area contributed by atoms with Crippen molar-refractivity contribution in [2.24, 2.45) is 5.92 Å². The molecule has 1 heterocycles. The molecule has 21 heavy (non-hydrogen) atoms. The predicted octanol–water partition coefficient (Wildman–Crippen LogP) is 5.26. The van der Waals surface area contributed by atoms with Crippen LogP contribution in [0.3, 0.4) is 0 Å². The van der Waals surface area contributed by atoms with Gasteiger partial charge in [0.25, 0.3) is 0 Å². The highest BCUT2D eigenvalue weighted by molar-refractivity contribution is 14.1. The summed E-state index contributed by atoms with van der Waals surface area (Å²) in [4.78, 5) is 0. The zero-order chi connectivity index (χ0) is 14.4. The van der Waals surface area contributed by atoms with Crippen LogP contribution in [0, 0.1) is 15.3 Å². The van der Waals surface area contributed by atoms with Gasteiger partial charge >= 0.3 is 0 Å². The van der Waals surface area contributed by atoms with Crippen molar-refractivity contribution in [3.8, 4) is 0 Å². The Balaban J connectivity index is 1.78. The Labute approximate surface area is 137 Å². The Morgan fingerprint density at radius 2 is 1.90 bits per heavy atom. The summed E-state index contributed by atoms with van der Waals surface area (Å²) in [6, 6.07) is 13.7. The molecule has 1 N–H and O–H groups in total. The topological polar surface area (TPSA) is 12.0 Å². The molecule has 2 aromatic rings. The Bertz CT molecular complexity index is 708. The first-order valence-electron chi connectivity index (χ1n) is 7.20. The van der Waals surface area contributed by atoms with Gasteiger partial charge in [-0.1, -0.05) is 24.3 Å². The van der Waals surface area contributed by atoms with Gasteiger partial charge in [-0.25, -0.2) is 4.39 Å². The molecular weight excluding hydrogens is 376 g/mol. The molecular formula is C18H15FIN. The summed E-state index contributed by atoms with van der Waals surface area (Å²) < 4.78 is 14.4. The summed E-state index contributed by atoms with van der Waals surface area (Å²) in [6.07, 6.45) is 5.68. The molecule has 106 valence electrons. The molecule has 0 amide bonds. The SMILES string of the molecule is Fc1ccc(C2Nc3ccc(I)cc3C3C=CCC32)cc1. The van der Waals surface area contributed by atoms with Crippen LogP contribution in [0.25, 0.3) is 0 Å². The zero-order valence-electron chi connectivity index (χ0n) is 11.4. The Morgan fingerprint density at radius 1 is 1.10 bits per heavy atom. The van der Waals surface area contributed by atoms with E-state index in [0.29, 0.717) is 11.8 Å². The van der Waals surface area contributed by atoms with Crippen molar-refractivity contribution in [2.75, 3.05) is 5.32 Å². The third-order valence-electron chi connectivity index (χ3n) is 4.55. The van der Waals surface area contributed by atoms with E-state index in [2.05, 4.69) is 58.3 Å². The van der Waals surface area contributed by atoms with E-state index in [9.17, 15) is 4.39 Å². The predicted molar refractivity (Wildman–Crippen MR) is 91.9 cm³/mol. The number of anilines is 1. The molecule has 1 aliphatic carbocycles. The van der Waals surface area contributed by atoms with Crippen molar-refractivity contribution in [1.82, 2.24) is 0 Å². The number of fused-ring (bicyclic) bond motifs is 3. The molecule has 1 nitrogen and oxygen atoms in total. The fourth-order valence-corrected chi connectivity index (χ4v) is 4.08. The smallest absolute Gasteiger partial charge is 0.123 e. The van der Waals surface area contributed by atoms with Crippen LogP contribution in [-0.2, 0) is 0 Å². The van der Waals surface area contributed by atoms with Gasteiger partial charge in [0.1, 0.15) is 5.82 Å². The van der Waals surface area contributed by atoms with Crippen LogP contribution >= 0.6 is 22.6 Å². The van der Waals surface area contributed by atoms with Gasteiger partial charge < -0.3 is 5.32 Å². The standard InChI is InChI=1S/C18H15FIN/c19-12-6-4-11(5-7-12)18-15-3-1-2-14(15)16-10-13(20)8-9-17(16)21-18/h1-2,4-10,14-15,18,21H,3H2. The summed E-state index contributed by atoms with van der Waals surface area (Å²) in [6.45, 7) is 0. The lowest BCUT2D eigenvalue weighted by molar-refractivity contribution is 0.425.